The molecular formula is C14H30MnN4. The Morgan fingerprint density at radius 1 is 0.737 bits per heavy atom. The van der Waals surface area contributed by atoms with E-state index in [2.05, 4.69) is 34.3 Å². The summed E-state index contributed by atoms with van der Waals surface area (Å²) in [6, 6.07) is 1.26. The third kappa shape index (κ3) is 6.56. The summed E-state index contributed by atoms with van der Waals surface area (Å²) in [5.41, 5.74) is 0. The van der Waals surface area contributed by atoms with Crippen LogP contribution in [0.15, 0.2) is 0 Å². The van der Waals surface area contributed by atoms with Crippen molar-refractivity contribution in [2.75, 3.05) is 52.4 Å². The molecule has 0 spiro atoms. The third-order valence-corrected chi connectivity index (χ3v) is 4.08. The second-order valence-electron chi connectivity index (χ2n) is 6.02. The van der Waals surface area contributed by atoms with Gasteiger partial charge in [-0.2, -0.15) is 0 Å². The number of nitrogens with one attached hydrogen (secondary N) is 2. The summed E-state index contributed by atoms with van der Waals surface area (Å²) in [6.07, 6.45) is 2.55. The van der Waals surface area contributed by atoms with E-state index in [1.807, 2.05) is 0 Å². The molecule has 0 aliphatic carbocycles. The SMILES string of the molecule is CC1CN2CCCNC(C)CN(CCCN1)CC2.[Mn]. The predicted octanol–water partition coefficient (Wildman–Crippen LogP) is 0.352. The van der Waals surface area contributed by atoms with Crippen LogP contribution < -0.4 is 10.6 Å². The zero-order chi connectivity index (χ0) is 12.8. The summed E-state index contributed by atoms with van der Waals surface area (Å²) in [4.78, 5) is 5.27. The van der Waals surface area contributed by atoms with Crippen molar-refractivity contribution in [2.45, 2.75) is 38.8 Å². The molecule has 2 aliphatic rings. The first-order valence-corrected chi connectivity index (χ1v) is 7.65. The van der Waals surface area contributed by atoms with Crippen LogP contribution in [0.2, 0.25) is 0 Å². The predicted molar refractivity (Wildman–Crippen MR) is 77.0 cm³/mol. The van der Waals surface area contributed by atoms with Crippen LogP contribution in [0.4, 0.5) is 0 Å². The van der Waals surface area contributed by atoms with Crippen LogP contribution in [0, 0.1) is 0 Å². The fraction of sp³-hybridized carbons (Fsp3) is 1.00. The van der Waals surface area contributed by atoms with E-state index in [1.54, 1.807) is 0 Å². The second-order valence-corrected chi connectivity index (χ2v) is 6.02. The summed E-state index contributed by atoms with van der Waals surface area (Å²) in [6.45, 7) is 14.3. The Hall–Kier alpha value is 0.359. The van der Waals surface area contributed by atoms with Crippen LogP contribution >= 0.6 is 0 Å². The Morgan fingerprint density at radius 2 is 1.16 bits per heavy atom. The van der Waals surface area contributed by atoms with Gasteiger partial charge in [-0.1, -0.05) is 0 Å². The van der Waals surface area contributed by atoms with E-state index >= 15 is 0 Å². The molecule has 0 amide bonds. The molecule has 2 fully saturated rings. The van der Waals surface area contributed by atoms with Gasteiger partial charge in [0.15, 0.2) is 0 Å². The van der Waals surface area contributed by atoms with Crippen molar-refractivity contribution in [1.29, 1.82) is 0 Å². The number of rotatable bonds is 0. The minimum Gasteiger partial charge on any atom is -0.313 e. The molecule has 4 unspecified atom stereocenters. The molecule has 19 heavy (non-hydrogen) atoms. The molecular weight excluding hydrogens is 279 g/mol. The summed E-state index contributed by atoms with van der Waals surface area (Å²) < 4.78 is 0. The maximum atomic E-state index is 3.65. The van der Waals surface area contributed by atoms with E-state index in [9.17, 15) is 0 Å². The van der Waals surface area contributed by atoms with E-state index in [4.69, 9.17) is 0 Å². The number of hydrogen-bond acceptors (Lipinski definition) is 4. The van der Waals surface area contributed by atoms with Gasteiger partial charge in [-0.05, 0) is 52.9 Å². The molecule has 4 nitrogen and oxygen atoms in total. The molecule has 2 saturated heterocycles. The average Bonchev–Trinajstić information content (AvgIpc) is 2.35. The van der Waals surface area contributed by atoms with Crippen molar-refractivity contribution < 1.29 is 17.1 Å². The van der Waals surface area contributed by atoms with Crippen LogP contribution in [-0.2, 0) is 17.1 Å². The summed E-state index contributed by atoms with van der Waals surface area (Å²) in [5.74, 6) is 0. The van der Waals surface area contributed by atoms with Crippen molar-refractivity contribution >= 4 is 0 Å². The quantitative estimate of drug-likeness (QED) is 0.632. The van der Waals surface area contributed by atoms with Crippen LogP contribution in [0.3, 0.4) is 0 Å². The fourth-order valence-corrected chi connectivity index (χ4v) is 3.08. The molecule has 2 aliphatic heterocycles. The summed E-state index contributed by atoms with van der Waals surface area (Å²) >= 11 is 0. The van der Waals surface area contributed by atoms with Crippen molar-refractivity contribution in [3.8, 4) is 0 Å². The van der Waals surface area contributed by atoms with Gasteiger partial charge in [-0.3, -0.25) is 0 Å². The van der Waals surface area contributed by atoms with E-state index in [0.717, 1.165) is 13.1 Å². The van der Waals surface area contributed by atoms with Crippen LogP contribution in [0.25, 0.3) is 0 Å². The van der Waals surface area contributed by atoms with Gasteiger partial charge >= 0.3 is 0 Å². The average molecular weight is 309 g/mol. The first-order chi connectivity index (χ1) is 8.74. The van der Waals surface area contributed by atoms with Gasteiger partial charge in [-0.25, -0.2) is 0 Å². The normalized spacial score (nSPS) is 38.2. The molecule has 2 N–H and O–H groups in total. The third-order valence-electron chi connectivity index (χ3n) is 4.08. The smallest absolute Gasteiger partial charge is 0.0166 e. The Labute approximate surface area is 129 Å². The van der Waals surface area contributed by atoms with Crippen molar-refractivity contribution in [3.05, 3.63) is 0 Å². The molecule has 4 atom stereocenters. The van der Waals surface area contributed by atoms with Crippen molar-refractivity contribution in [2.24, 2.45) is 0 Å². The van der Waals surface area contributed by atoms with Crippen molar-refractivity contribution in [3.63, 3.8) is 0 Å². The van der Waals surface area contributed by atoms with E-state index < -0.39 is 0 Å². The van der Waals surface area contributed by atoms with Gasteiger partial charge in [0.05, 0.1) is 0 Å². The number of hydrogen-bond donors (Lipinski definition) is 2. The van der Waals surface area contributed by atoms with Crippen LogP contribution in [0.1, 0.15) is 26.7 Å². The summed E-state index contributed by atoms with van der Waals surface area (Å²) in [5, 5.41) is 7.30. The second kappa shape index (κ2) is 9.32. The zero-order valence-corrected chi connectivity index (χ0v) is 13.7. The maximum absolute atomic E-state index is 3.65. The topological polar surface area (TPSA) is 30.5 Å². The Kier molecular flexibility index (Phi) is 8.54. The van der Waals surface area contributed by atoms with Gasteiger partial charge < -0.3 is 20.4 Å². The molecule has 0 aromatic carbocycles. The van der Waals surface area contributed by atoms with E-state index in [1.165, 1.54) is 52.1 Å². The molecule has 0 aromatic heterocycles. The molecule has 1 radical (unpaired) electrons. The molecule has 5 heteroatoms. The summed E-state index contributed by atoms with van der Waals surface area (Å²) in [7, 11) is 0. The largest absolute Gasteiger partial charge is 0.313 e. The maximum Gasteiger partial charge on any atom is 0.0166 e. The van der Waals surface area contributed by atoms with Crippen LogP contribution in [-0.4, -0.2) is 74.2 Å². The van der Waals surface area contributed by atoms with Gasteiger partial charge in [0.25, 0.3) is 0 Å². The van der Waals surface area contributed by atoms with E-state index in [0.29, 0.717) is 12.1 Å². The molecule has 0 aromatic rings. The van der Waals surface area contributed by atoms with Gasteiger partial charge in [0.2, 0.25) is 0 Å². The Bertz CT molecular complexity index is 215. The number of fused-ring (bicyclic) bond motifs is 3. The van der Waals surface area contributed by atoms with Crippen molar-refractivity contribution in [1.82, 2.24) is 20.4 Å². The minimum absolute atomic E-state index is 0. The van der Waals surface area contributed by atoms with Gasteiger partial charge in [-0.15, -0.1) is 0 Å². The Balaban J connectivity index is 0.00000180. The molecule has 2 bridgehead atoms. The van der Waals surface area contributed by atoms with Gasteiger partial charge in [0.1, 0.15) is 0 Å². The zero-order valence-electron chi connectivity index (χ0n) is 12.5. The number of nitrogens with zero attached hydrogens (tertiary/aromatic N) is 2. The van der Waals surface area contributed by atoms with E-state index in [-0.39, 0.29) is 17.1 Å². The molecule has 2 rings (SSSR count). The monoisotopic (exact) mass is 309 g/mol. The van der Waals surface area contributed by atoms with Gasteiger partial charge in [0, 0.05) is 55.3 Å². The molecule has 113 valence electrons. The first-order valence-electron chi connectivity index (χ1n) is 7.65. The first kappa shape index (κ1) is 17.4. The fourth-order valence-electron chi connectivity index (χ4n) is 3.08. The molecule has 2 heterocycles. The molecule has 0 saturated carbocycles. The minimum atomic E-state index is 0. The van der Waals surface area contributed by atoms with Crippen LogP contribution in [0.5, 0.6) is 0 Å². The Morgan fingerprint density at radius 3 is 1.58 bits per heavy atom. The standard InChI is InChI=1S/C14H30N4.Mn/c1-13-11-17-7-4-6-16-14(2)12-18(10-9-17)8-3-5-15-13;/h13-16H,3-12H2,1-2H3;.